The summed E-state index contributed by atoms with van der Waals surface area (Å²) in [7, 11) is 0. The molecule has 0 aromatic carbocycles. The monoisotopic (exact) mass is 863 g/mol. The Morgan fingerprint density at radius 2 is 1.51 bits per heavy atom. The second-order valence-corrected chi connectivity index (χ2v) is 20.1. The number of ether oxygens (including phenoxy) is 5. The lowest BCUT2D eigenvalue weighted by Gasteiger charge is -2.55. The van der Waals surface area contributed by atoms with Crippen molar-refractivity contribution in [1.82, 2.24) is 10.6 Å². The average Bonchev–Trinajstić information content (AvgIpc) is 3.57. The zero-order chi connectivity index (χ0) is 45.2. The Labute approximate surface area is 366 Å². The zero-order valence-electron chi connectivity index (χ0n) is 39.4. The Kier molecular flexibility index (Phi) is 16.3. The molecule has 0 unspecified atom stereocenters. The molecule has 2 spiro atoms. The molecule has 0 bridgehead atoms. The fourth-order valence-corrected chi connectivity index (χ4v) is 11.5. The first-order valence-electron chi connectivity index (χ1n) is 24.0. The second kappa shape index (κ2) is 19.9. The van der Waals surface area contributed by atoms with Gasteiger partial charge in [0.2, 0.25) is 0 Å². The number of ketones is 1. The Balaban J connectivity index is 1.40. The van der Waals surface area contributed by atoms with Gasteiger partial charge >= 0.3 is 12.0 Å². The quantitative estimate of drug-likeness (QED) is 0.0961. The number of carboxylic acids is 1. The lowest BCUT2D eigenvalue weighted by Crippen LogP contribution is -2.66. The summed E-state index contributed by atoms with van der Waals surface area (Å²) in [4.78, 5) is 40.2. The number of carbonyl (C=O) groups excluding carboxylic acids is 2. The summed E-state index contributed by atoms with van der Waals surface area (Å²) in [6.45, 7) is 23.8. The smallest absolute Gasteiger partial charge is 0.315 e. The van der Waals surface area contributed by atoms with Crippen LogP contribution in [-0.2, 0) is 33.3 Å². The van der Waals surface area contributed by atoms with Crippen LogP contribution in [0.5, 0.6) is 0 Å². The lowest BCUT2D eigenvalue weighted by atomic mass is 9.72. The third kappa shape index (κ3) is 10.1. The molecular formula is C48H82N2O11. The number of aliphatic hydroxyl groups excluding tert-OH is 1. The van der Waals surface area contributed by atoms with E-state index >= 15 is 0 Å². The number of urea groups is 1. The number of aliphatic carboxylic acids is 1. The highest BCUT2D eigenvalue weighted by atomic mass is 16.8. The maximum atomic E-state index is 14.7. The van der Waals surface area contributed by atoms with E-state index in [1.54, 1.807) is 6.92 Å². The summed E-state index contributed by atoms with van der Waals surface area (Å²) in [5.41, 5.74) is -1.70. The average molecular weight is 863 g/mol. The van der Waals surface area contributed by atoms with Gasteiger partial charge < -0.3 is 49.6 Å². The van der Waals surface area contributed by atoms with Crippen molar-refractivity contribution in [3.8, 4) is 0 Å². The topological polar surface area (TPSA) is 182 Å². The van der Waals surface area contributed by atoms with Gasteiger partial charge in [-0.2, -0.15) is 0 Å². The van der Waals surface area contributed by atoms with Crippen LogP contribution in [-0.4, -0.2) is 105 Å². The van der Waals surface area contributed by atoms with E-state index in [0.29, 0.717) is 57.8 Å². The molecule has 5 N–H and O–H groups in total. The number of hydrogen-bond acceptors (Lipinski definition) is 10. The van der Waals surface area contributed by atoms with Gasteiger partial charge in [0.1, 0.15) is 11.8 Å². The number of aliphatic hydroxyl groups is 2. The molecule has 5 aliphatic rings. The van der Waals surface area contributed by atoms with Gasteiger partial charge in [0.15, 0.2) is 11.6 Å². The standard InChI is InChI=1S/C48H82N2O11/c1-13-33(14-2)49-44(55)50-37-20-23-47(61-48(37)25-24-45(12,60-48)38-21-22-46(56,17-5)32(11)57-38)29(8)26-28(7)42(59-47)35(16-4)40(52)30(9)39(51)31(10)41-27(6)18-19-36(58-41)34(15-3)43(53)54/h20,23,27-39,41-42,51,56H,13-19,21-22,24-26H2,1-12H3,(H,53,54)(H2,49,50,55)/t27-,28-,29+,30-,31-,32-,34+,35-,36+,37+,38+,39+,41+,42-,45-,46+,47-,48-/m0/s1. The van der Waals surface area contributed by atoms with Crippen LogP contribution in [0.2, 0.25) is 0 Å². The van der Waals surface area contributed by atoms with E-state index in [0.717, 1.165) is 19.3 Å². The fourth-order valence-electron chi connectivity index (χ4n) is 11.5. The second-order valence-electron chi connectivity index (χ2n) is 20.1. The first-order chi connectivity index (χ1) is 28.7. The molecule has 0 radical (unpaired) electrons. The molecule has 18 atom stereocenters. The molecule has 5 heterocycles. The zero-order valence-corrected chi connectivity index (χ0v) is 39.4. The van der Waals surface area contributed by atoms with Crippen molar-refractivity contribution < 1.29 is 53.4 Å². The molecule has 13 nitrogen and oxygen atoms in total. The van der Waals surface area contributed by atoms with Gasteiger partial charge in [-0.25, -0.2) is 4.79 Å². The molecular weight excluding hydrogens is 781 g/mol. The Hall–Kier alpha value is -2.13. The van der Waals surface area contributed by atoms with Crippen LogP contribution >= 0.6 is 0 Å². The molecule has 5 aliphatic heterocycles. The minimum absolute atomic E-state index is 0.0113. The summed E-state index contributed by atoms with van der Waals surface area (Å²) in [6.07, 6.45) is 8.24. The predicted octanol–water partition coefficient (Wildman–Crippen LogP) is 7.68. The third-order valence-corrected chi connectivity index (χ3v) is 16.1. The Bertz CT molecular complexity index is 1540. The van der Waals surface area contributed by atoms with Crippen molar-refractivity contribution >= 4 is 17.8 Å². The number of Topliss-reactive ketones (excluding diaryl/α,β-unsaturated/α-hetero) is 1. The van der Waals surface area contributed by atoms with E-state index in [1.807, 2.05) is 67.5 Å². The van der Waals surface area contributed by atoms with Crippen molar-refractivity contribution in [3.63, 3.8) is 0 Å². The molecule has 61 heavy (non-hydrogen) atoms. The summed E-state index contributed by atoms with van der Waals surface area (Å²) >= 11 is 0. The van der Waals surface area contributed by atoms with E-state index in [9.17, 15) is 29.7 Å². The van der Waals surface area contributed by atoms with Gasteiger partial charge in [-0.15, -0.1) is 0 Å². The SMILES string of the molecule is CCC(CC)NC(=O)N[C@@H]1C=C[C@]2(O[C@H]([C@@H](CC)C(=O)[C@@H](C)[C@@H](O)[C@H](C)[C@@H]3O[C@@H]([C@@H](CC)C(=O)O)CC[C@@H]3C)[C@@H](C)C[C@H]2C)O[C@@]12CC[C@@](C)([C@H]1CC[C@](O)(CC)[C@H](C)O1)O2. The fraction of sp³-hybridized carbons (Fsp3) is 0.896. The van der Waals surface area contributed by atoms with E-state index in [-0.39, 0.29) is 53.9 Å². The highest BCUT2D eigenvalue weighted by Crippen LogP contribution is 2.54. The number of hydrogen-bond donors (Lipinski definition) is 5. The third-order valence-electron chi connectivity index (χ3n) is 16.1. The number of carbonyl (C=O) groups is 3. The summed E-state index contributed by atoms with van der Waals surface area (Å²) in [6, 6.07) is -0.964. The van der Waals surface area contributed by atoms with E-state index in [1.165, 1.54) is 0 Å². The predicted molar refractivity (Wildman–Crippen MR) is 232 cm³/mol. The van der Waals surface area contributed by atoms with Crippen LogP contribution in [0.3, 0.4) is 0 Å². The molecule has 2 amide bonds. The van der Waals surface area contributed by atoms with Crippen molar-refractivity contribution in [3.05, 3.63) is 12.2 Å². The summed E-state index contributed by atoms with van der Waals surface area (Å²) in [5.74, 6) is -5.94. The molecule has 0 saturated carbocycles. The minimum Gasteiger partial charge on any atom is -0.481 e. The first kappa shape index (κ1) is 49.9. The van der Waals surface area contributed by atoms with Crippen molar-refractivity contribution in [1.29, 1.82) is 0 Å². The summed E-state index contributed by atoms with van der Waals surface area (Å²) < 4.78 is 34.6. The maximum Gasteiger partial charge on any atom is 0.315 e. The molecule has 0 aromatic heterocycles. The van der Waals surface area contributed by atoms with Gasteiger partial charge in [-0.05, 0) is 102 Å². The van der Waals surface area contributed by atoms with Gasteiger partial charge in [-0.3, -0.25) is 9.59 Å². The molecule has 13 heteroatoms. The Morgan fingerprint density at radius 3 is 2.10 bits per heavy atom. The van der Waals surface area contributed by atoms with E-state index in [4.69, 9.17) is 23.7 Å². The van der Waals surface area contributed by atoms with Crippen LogP contribution in [0, 0.1) is 41.4 Å². The molecule has 4 fully saturated rings. The molecule has 4 saturated heterocycles. The van der Waals surface area contributed by atoms with E-state index in [2.05, 4.69) is 31.4 Å². The number of rotatable bonds is 16. The van der Waals surface area contributed by atoms with Gasteiger partial charge in [0.05, 0.1) is 53.7 Å². The van der Waals surface area contributed by atoms with Crippen molar-refractivity contribution in [2.24, 2.45) is 41.4 Å². The molecule has 0 aromatic rings. The number of carboxylic acid groups (broad SMARTS) is 1. The highest BCUT2D eigenvalue weighted by Gasteiger charge is 2.63. The van der Waals surface area contributed by atoms with Crippen LogP contribution in [0.1, 0.15) is 160 Å². The van der Waals surface area contributed by atoms with Crippen LogP contribution in [0.15, 0.2) is 12.2 Å². The maximum absolute atomic E-state index is 14.7. The summed E-state index contributed by atoms with van der Waals surface area (Å²) in [5, 5.41) is 39.2. The van der Waals surface area contributed by atoms with Crippen LogP contribution in [0.25, 0.3) is 0 Å². The van der Waals surface area contributed by atoms with E-state index < -0.39 is 76.8 Å². The van der Waals surface area contributed by atoms with Crippen molar-refractivity contribution in [2.45, 2.75) is 232 Å². The Morgan fingerprint density at radius 1 is 0.836 bits per heavy atom. The highest BCUT2D eigenvalue weighted by molar-refractivity contribution is 5.84. The number of nitrogens with one attached hydrogen (secondary N) is 2. The first-order valence-corrected chi connectivity index (χ1v) is 24.0. The molecule has 0 aliphatic carbocycles. The van der Waals surface area contributed by atoms with Gasteiger partial charge in [0, 0.05) is 36.1 Å². The van der Waals surface area contributed by atoms with Crippen LogP contribution in [0.4, 0.5) is 4.79 Å². The van der Waals surface area contributed by atoms with Gasteiger partial charge in [-0.1, -0.05) is 75.3 Å². The molecule has 350 valence electrons. The minimum atomic E-state index is -1.32. The van der Waals surface area contributed by atoms with Crippen molar-refractivity contribution in [2.75, 3.05) is 0 Å². The largest absolute Gasteiger partial charge is 0.481 e. The number of amides is 2. The van der Waals surface area contributed by atoms with Crippen LogP contribution < -0.4 is 10.6 Å². The lowest BCUT2D eigenvalue weighted by molar-refractivity contribution is -0.397. The normalized spacial score (nSPS) is 41.6. The molecule has 5 rings (SSSR count). The van der Waals surface area contributed by atoms with Gasteiger partial charge in [0.25, 0.3) is 0 Å².